The van der Waals surface area contributed by atoms with Gasteiger partial charge in [-0.25, -0.2) is 4.98 Å². The van der Waals surface area contributed by atoms with E-state index in [0.717, 1.165) is 11.1 Å². The molecule has 0 spiro atoms. The van der Waals surface area contributed by atoms with Gasteiger partial charge in [0.05, 0.1) is 30.0 Å². The Labute approximate surface area is 330 Å². The normalized spacial score (nSPS) is 11.7. The fraction of sp³-hybridized carbons (Fsp3) is 0.0732. The van der Waals surface area contributed by atoms with E-state index in [1.807, 2.05) is 47.8 Å². The first-order chi connectivity index (χ1) is 26.2. The average molecular weight is 796 g/mol. The summed E-state index contributed by atoms with van der Waals surface area (Å²) in [4.78, 5) is 46.2. The summed E-state index contributed by atoms with van der Waals surface area (Å²) in [6, 6.07) is 35.5. The quantitative estimate of drug-likeness (QED) is 0.0787. The third-order valence-electron chi connectivity index (χ3n) is 7.88. The molecule has 1 unspecified atom stereocenters. The summed E-state index contributed by atoms with van der Waals surface area (Å²) in [5, 5.41) is 11.1. The number of carbonyl (C=O) groups excluding carboxylic acids is 3. The van der Waals surface area contributed by atoms with Gasteiger partial charge in [0.2, 0.25) is 5.91 Å². The molecule has 0 bridgehead atoms. The molecule has 0 fully saturated rings. The smallest absolute Gasteiger partial charge is 0.272 e. The predicted octanol–water partition coefficient (Wildman–Crippen LogP) is 10.0. The van der Waals surface area contributed by atoms with Crippen LogP contribution in [0.1, 0.15) is 26.7 Å². The van der Waals surface area contributed by atoms with Crippen molar-refractivity contribution in [2.45, 2.75) is 10.1 Å². The molecule has 13 heteroatoms. The number of nitrogens with zero attached hydrogens (tertiary/aromatic N) is 1. The summed E-state index contributed by atoms with van der Waals surface area (Å²) in [6.07, 6.45) is 1.55. The van der Waals surface area contributed by atoms with Gasteiger partial charge >= 0.3 is 0 Å². The van der Waals surface area contributed by atoms with Crippen LogP contribution in [-0.4, -0.2) is 36.9 Å². The van der Waals surface area contributed by atoms with Crippen LogP contribution >= 0.6 is 46.3 Å². The summed E-state index contributed by atoms with van der Waals surface area (Å²) in [7, 11) is 3.05. The van der Waals surface area contributed by atoms with Crippen molar-refractivity contribution in [2.24, 2.45) is 0 Å². The predicted molar refractivity (Wildman–Crippen MR) is 218 cm³/mol. The number of ether oxygens (including phenoxy) is 2. The number of methoxy groups -OCH3 is 2. The number of thiazole rings is 1. The van der Waals surface area contributed by atoms with E-state index in [9.17, 15) is 14.4 Å². The molecule has 272 valence electrons. The van der Waals surface area contributed by atoms with Crippen molar-refractivity contribution in [2.75, 3.05) is 24.9 Å². The summed E-state index contributed by atoms with van der Waals surface area (Å²) >= 11 is 14.9. The van der Waals surface area contributed by atoms with Crippen molar-refractivity contribution in [1.29, 1.82) is 0 Å². The SMILES string of the molecule is COc1ccc(/C=C(/NC(=O)c2ccccc2)C(=O)Nc2cccc(SC(C(=O)Nc3nc(-c4ccc(Cl)c(Cl)c4)cs3)c3ccccc3)c2)cc1OC. The van der Waals surface area contributed by atoms with Crippen LogP contribution < -0.4 is 25.4 Å². The molecule has 6 aromatic rings. The molecule has 0 aliphatic carbocycles. The number of benzene rings is 5. The maximum absolute atomic E-state index is 13.9. The maximum atomic E-state index is 13.9. The number of aromatic nitrogens is 1. The Morgan fingerprint density at radius 1 is 0.778 bits per heavy atom. The zero-order valence-electron chi connectivity index (χ0n) is 28.8. The van der Waals surface area contributed by atoms with E-state index in [1.54, 1.807) is 84.9 Å². The van der Waals surface area contributed by atoms with Crippen LogP contribution in [0.25, 0.3) is 17.3 Å². The van der Waals surface area contributed by atoms with Crippen LogP contribution in [0.15, 0.2) is 137 Å². The van der Waals surface area contributed by atoms with Gasteiger partial charge in [0.25, 0.3) is 11.8 Å². The van der Waals surface area contributed by atoms with E-state index >= 15 is 0 Å². The lowest BCUT2D eigenvalue weighted by atomic mass is 10.1. The second-order valence-corrected chi connectivity index (χ2v) is 14.4. The lowest BCUT2D eigenvalue weighted by Gasteiger charge is -2.17. The topological polar surface area (TPSA) is 119 Å². The van der Waals surface area contributed by atoms with Gasteiger partial charge < -0.3 is 25.4 Å². The van der Waals surface area contributed by atoms with Gasteiger partial charge in [-0.05, 0) is 71.8 Å². The standard InChI is InChI=1S/C41H32Cl2N4O5S2/c1-51-35-19-16-25(21-36(35)52-2)20-33(45-38(48)27-12-7-4-8-13-27)39(49)44-29-14-9-15-30(23-29)54-37(26-10-5-3-6-11-26)40(50)47-41-46-34(24-53-41)28-17-18-31(42)32(43)22-28/h3-24,37H,1-2H3,(H,44,49)(H,45,48)(H,46,47,50)/b33-20+. The second kappa shape index (κ2) is 18.0. The highest BCUT2D eigenvalue weighted by molar-refractivity contribution is 8.00. The Morgan fingerprint density at radius 3 is 2.24 bits per heavy atom. The molecule has 0 aliphatic rings. The summed E-state index contributed by atoms with van der Waals surface area (Å²) in [5.41, 5.74) is 3.64. The monoisotopic (exact) mass is 794 g/mol. The molecule has 1 aromatic heterocycles. The van der Waals surface area contributed by atoms with E-state index < -0.39 is 17.1 Å². The van der Waals surface area contributed by atoms with Crippen LogP contribution in [0.3, 0.4) is 0 Å². The first kappa shape index (κ1) is 38.1. The van der Waals surface area contributed by atoms with Crippen LogP contribution in [0.2, 0.25) is 10.0 Å². The zero-order valence-corrected chi connectivity index (χ0v) is 32.0. The molecule has 1 heterocycles. The summed E-state index contributed by atoms with van der Waals surface area (Å²) in [6.45, 7) is 0. The Kier molecular flexibility index (Phi) is 12.7. The van der Waals surface area contributed by atoms with Crippen LogP contribution in [0.5, 0.6) is 11.5 Å². The molecule has 54 heavy (non-hydrogen) atoms. The molecule has 0 saturated carbocycles. The number of hydrogen-bond acceptors (Lipinski definition) is 8. The fourth-order valence-electron chi connectivity index (χ4n) is 5.22. The minimum atomic E-state index is -0.667. The van der Waals surface area contributed by atoms with Crippen molar-refractivity contribution in [3.8, 4) is 22.8 Å². The van der Waals surface area contributed by atoms with Gasteiger partial charge in [-0.15, -0.1) is 23.1 Å². The number of rotatable bonds is 13. The van der Waals surface area contributed by atoms with Gasteiger partial charge in [0, 0.05) is 27.1 Å². The Bertz CT molecular complexity index is 2320. The average Bonchev–Trinajstić information content (AvgIpc) is 3.66. The lowest BCUT2D eigenvalue weighted by Crippen LogP contribution is -2.30. The van der Waals surface area contributed by atoms with Crippen LogP contribution in [0, 0.1) is 0 Å². The van der Waals surface area contributed by atoms with Crippen molar-refractivity contribution in [3.05, 3.63) is 159 Å². The van der Waals surface area contributed by atoms with E-state index in [2.05, 4.69) is 20.9 Å². The number of nitrogens with one attached hydrogen (secondary N) is 3. The summed E-state index contributed by atoms with van der Waals surface area (Å²) in [5.74, 6) is -0.313. The molecular weight excluding hydrogens is 764 g/mol. The van der Waals surface area contributed by atoms with Crippen molar-refractivity contribution >= 4 is 80.9 Å². The number of carbonyl (C=O) groups is 3. The van der Waals surface area contributed by atoms with E-state index in [1.165, 1.54) is 37.3 Å². The van der Waals surface area contributed by atoms with E-state index in [-0.39, 0.29) is 11.6 Å². The minimum absolute atomic E-state index is 0.000595. The first-order valence-electron chi connectivity index (χ1n) is 16.4. The number of halogens is 2. The molecule has 3 N–H and O–H groups in total. The molecule has 6 rings (SSSR count). The van der Waals surface area contributed by atoms with Crippen molar-refractivity contribution < 1.29 is 23.9 Å². The number of thioether (sulfide) groups is 1. The Morgan fingerprint density at radius 2 is 1.52 bits per heavy atom. The van der Waals surface area contributed by atoms with Crippen LogP contribution in [-0.2, 0) is 9.59 Å². The molecule has 5 aromatic carbocycles. The van der Waals surface area contributed by atoms with Crippen molar-refractivity contribution in [1.82, 2.24) is 10.3 Å². The minimum Gasteiger partial charge on any atom is -0.493 e. The highest BCUT2D eigenvalue weighted by Crippen LogP contribution is 2.38. The Hall–Kier alpha value is -5.59. The molecule has 0 saturated heterocycles. The van der Waals surface area contributed by atoms with E-state index in [0.29, 0.717) is 54.1 Å². The third-order valence-corrected chi connectivity index (χ3v) is 10.6. The number of hydrogen-bond donors (Lipinski definition) is 3. The second-order valence-electron chi connectivity index (χ2n) is 11.5. The van der Waals surface area contributed by atoms with Gasteiger partial charge in [0.15, 0.2) is 16.6 Å². The Balaban J connectivity index is 1.23. The highest BCUT2D eigenvalue weighted by Gasteiger charge is 2.24. The molecule has 0 aliphatic heterocycles. The number of amides is 3. The lowest BCUT2D eigenvalue weighted by molar-refractivity contribution is -0.116. The van der Waals surface area contributed by atoms with E-state index in [4.69, 9.17) is 32.7 Å². The molecule has 1 atom stereocenters. The third kappa shape index (κ3) is 9.68. The van der Waals surface area contributed by atoms with Gasteiger partial charge in [-0.1, -0.05) is 89.9 Å². The number of anilines is 2. The largest absolute Gasteiger partial charge is 0.493 e. The maximum Gasteiger partial charge on any atom is 0.272 e. The van der Waals surface area contributed by atoms with Gasteiger partial charge in [0.1, 0.15) is 10.9 Å². The van der Waals surface area contributed by atoms with Crippen molar-refractivity contribution in [3.63, 3.8) is 0 Å². The fourth-order valence-corrected chi connectivity index (χ4v) is 7.33. The first-order valence-corrected chi connectivity index (χ1v) is 18.9. The van der Waals surface area contributed by atoms with Gasteiger partial charge in [-0.3, -0.25) is 14.4 Å². The zero-order chi connectivity index (χ0) is 38.0. The van der Waals surface area contributed by atoms with Crippen LogP contribution in [0.4, 0.5) is 10.8 Å². The van der Waals surface area contributed by atoms with Gasteiger partial charge in [-0.2, -0.15) is 0 Å². The molecule has 9 nitrogen and oxygen atoms in total. The highest BCUT2D eigenvalue weighted by atomic mass is 35.5. The molecule has 0 radical (unpaired) electrons. The molecule has 3 amide bonds. The molecular formula is C41H32Cl2N4O5S2. The summed E-state index contributed by atoms with van der Waals surface area (Å²) < 4.78 is 10.8.